The number of nitrogens with one attached hydrogen (secondary N) is 1. The summed E-state index contributed by atoms with van der Waals surface area (Å²) in [7, 11) is 1.71. The van der Waals surface area contributed by atoms with Crippen molar-refractivity contribution >= 4 is 15.9 Å². The molecule has 0 saturated heterocycles. The molecule has 21 heavy (non-hydrogen) atoms. The van der Waals surface area contributed by atoms with Crippen LogP contribution in [0.1, 0.15) is 29.7 Å². The van der Waals surface area contributed by atoms with Gasteiger partial charge in [-0.05, 0) is 64.6 Å². The Balaban J connectivity index is 2.24. The van der Waals surface area contributed by atoms with E-state index in [1.165, 1.54) is 11.1 Å². The minimum absolute atomic E-state index is 0.274. The van der Waals surface area contributed by atoms with Gasteiger partial charge in [-0.25, -0.2) is 0 Å². The van der Waals surface area contributed by atoms with Crippen molar-refractivity contribution in [2.45, 2.75) is 26.3 Å². The lowest BCUT2D eigenvalue weighted by atomic mass is 9.98. The maximum atomic E-state index is 5.34. The Morgan fingerprint density at radius 1 is 1.29 bits per heavy atom. The molecule has 0 radical (unpaired) electrons. The van der Waals surface area contributed by atoms with Crippen LogP contribution in [0.2, 0.25) is 0 Å². The fourth-order valence-corrected chi connectivity index (χ4v) is 2.89. The molecular weight excluding hydrogens is 328 g/mol. The van der Waals surface area contributed by atoms with Gasteiger partial charge in [-0.15, -0.1) is 0 Å². The number of hydrogen-bond donors (Lipinski definition) is 1. The van der Waals surface area contributed by atoms with Crippen LogP contribution < -0.4 is 10.1 Å². The molecule has 0 spiro atoms. The van der Waals surface area contributed by atoms with E-state index in [1.807, 2.05) is 18.5 Å². The molecular formula is C17H21BrN2O. The lowest BCUT2D eigenvalue weighted by Gasteiger charge is -2.20. The van der Waals surface area contributed by atoms with Crippen molar-refractivity contribution in [2.24, 2.45) is 0 Å². The molecule has 2 aromatic rings. The maximum Gasteiger partial charge on any atom is 0.121 e. The van der Waals surface area contributed by atoms with E-state index >= 15 is 0 Å². The molecule has 1 aromatic carbocycles. The zero-order valence-electron chi connectivity index (χ0n) is 12.7. The van der Waals surface area contributed by atoms with Gasteiger partial charge in [-0.3, -0.25) is 4.98 Å². The number of halogens is 1. The van der Waals surface area contributed by atoms with Crippen LogP contribution >= 0.6 is 15.9 Å². The average molecular weight is 349 g/mol. The fourth-order valence-electron chi connectivity index (χ4n) is 2.48. The Bertz CT molecular complexity index is 601. The molecule has 1 aromatic heterocycles. The molecule has 4 heteroatoms. The van der Waals surface area contributed by atoms with Crippen molar-refractivity contribution in [2.75, 3.05) is 13.7 Å². The van der Waals surface area contributed by atoms with Crippen molar-refractivity contribution in [1.29, 1.82) is 0 Å². The minimum atomic E-state index is 0.274. The fraction of sp³-hybridized carbons (Fsp3) is 0.353. The second-order valence-corrected chi connectivity index (χ2v) is 5.97. The second kappa shape index (κ2) is 7.57. The van der Waals surface area contributed by atoms with Gasteiger partial charge in [0.1, 0.15) is 5.75 Å². The lowest BCUT2D eigenvalue weighted by molar-refractivity contribution is 0.411. The third-order valence-electron chi connectivity index (χ3n) is 3.47. The molecule has 112 valence electrons. The standard InChI is InChI=1S/C17H21BrN2O/c1-4-20-16(9-13-8-15(18)11-19-10-13)14-5-6-17(21-3)12(2)7-14/h5-8,10-11,16,20H,4,9H2,1-3H3. The Hall–Kier alpha value is -1.39. The summed E-state index contributed by atoms with van der Waals surface area (Å²) in [6, 6.07) is 8.75. The van der Waals surface area contributed by atoms with Gasteiger partial charge in [0.2, 0.25) is 0 Å². The molecule has 1 unspecified atom stereocenters. The van der Waals surface area contributed by atoms with Crippen molar-refractivity contribution in [3.8, 4) is 5.75 Å². The third-order valence-corrected chi connectivity index (χ3v) is 3.91. The van der Waals surface area contributed by atoms with Crippen LogP contribution in [0, 0.1) is 6.92 Å². The van der Waals surface area contributed by atoms with Gasteiger partial charge in [-0.1, -0.05) is 19.1 Å². The number of methoxy groups -OCH3 is 1. The Morgan fingerprint density at radius 2 is 2.10 bits per heavy atom. The molecule has 1 heterocycles. The number of likely N-dealkylation sites (N-methyl/N-ethyl adjacent to an activating group) is 1. The number of pyridine rings is 1. The molecule has 1 atom stereocenters. The maximum absolute atomic E-state index is 5.34. The van der Waals surface area contributed by atoms with Gasteiger partial charge in [0, 0.05) is 22.9 Å². The minimum Gasteiger partial charge on any atom is -0.496 e. The molecule has 0 saturated carbocycles. The number of aromatic nitrogens is 1. The van der Waals surface area contributed by atoms with Crippen LogP contribution in [0.4, 0.5) is 0 Å². The van der Waals surface area contributed by atoms with Gasteiger partial charge in [0.25, 0.3) is 0 Å². The van der Waals surface area contributed by atoms with Gasteiger partial charge < -0.3 is 10.1 Å². The zero-order valence-corrected chi connectivity index (χ0v) is 14.3. The monoisotopic (exact) mass is 348 g/mol. The first-order valence-corrected chi connectivity index (χ1v) is 7.90. The number of rotatable bonds is 6. The first kappa shape index (κ1) is 16.0. The number of nitrogens with zero attached hydrogens (tertiary/aromatic N) is 1. The lowest BCUT2D eigenvalue weighted by Crippen LogP contribution is -2.23. The molecule has 0 fully saturated rings. The molecule has 1 N–H and O–H groups in total. The Morgan fingerprint density at radius 3 is 2.71 bits per heavy atom. The summed E-state index contributed by atoms with van der Waals surface area (Å²) >= 11 is 3.48. The summed E-state index contributed by atoms with van der Waals surface area (Å²) in [5.74, 6) is 0.929. The SMILES string of the molecule is CCNC(Cc1cncc(Br)c1)c1ccc(OC)c(C)c1. The number of aryl methyl sites for hydroxylation is 1. The van der Waals surface area contributed by atoms with E-state index in [0.717, 1.165) is 28.8 Å². The first-order chi connectivity index (χ1) is 10.1. The average Bonchev–Trinajstić information content (AvgIpc) is 2.47. The second-order valence-electron chi connectivity index (χ2n) is 5.05. The van der Waals surface area contributed by atoms with Crippen LogP contribution in [0.15, 0.2) is 41.1 Å². The third kappa shape index (κ3) is 4.29. The molecule has 0 bridgehead atoms. The Kier molecular flexibility index (Phi) is 5.76. The van der Waals surface area contributed by atoms with E-state index in [9.17, 15) is 0 Å². The highest BCUT2D eigenvalue weighted by Gasteiger charge is 2.13. The topological polar surface area (TPSA) is 34.2 Å². The van der Waals surface area contributed by atoms with E-state index in [4.69, 9.17) is 4.74 Å². The summed E-state index contributed by atoms with van der Waals surface area (Å²) in [5, 5.41) is 3.55. The number of hydrogen-bond acceptors (Lipinski definition) is 3. The smallest absolute Gasteiger partial charge is 0.121 e. The van der Waals surface area contributed by atoms with Crippen LogP contribution in [0.25, 0.3) is 0 Å². The van der Waals surface area contributed by atoms with Crippen molar-refractivity contribution in [1.82, 2.24) is 10.3 Å². The van der Waals surface area contributed by atoms with Gasteiger partial charge >= 0.3 is 0 Å². The normalized spacial score (nSPS) is 12.2. The Labute approximate surface area is 134 Å². The van der Waals surface area contributed by atoms with E-state index < -0.39 is 0 Å². The van der Waals surface area contributed by atoms with E-state index in [-0.39, 0.29) is 6.04 Å². The predicted octanol–water partition coefficient (Wildman–Crippen LogP) is 4.05. The summed E-state index contributed by atoms with van der Waals surface area (Å²) in [6.07, 6.45) is 4.64. The van der Waals surface area contributed by atoms with Gasteiger partial charge in [0.15, 0.2) is 0 Å². The first-order valence-electron chi connectivity index (χ1n) is 7.11. The largest absolute Gasteiger partial charge is 0.496 e. The highest BCUT2D eigenvalue weighted by molar-refractivity contribution is 9.10. The van der Waals surface area contributed by atoms with Crippen LogP contribution in [-0.4, -0.2) is 18.6 Å². The summed E-state index contributed by atoms with van der Waals surface area (Å²) in [4.78, 5) is 4.24. The molecule has 0 aliphatic heterocycles. The molecule has 2 rings (SSSR count). The van der Waals surface area contributed by atoms with Crippen molar-refractivity contribution in [3.05, 3.63) is 57.8 Å². The van der Waals surface area contributed by atoms with Gasteiger partial charge in [0.05, 0.1) is 7.11 Å². The summed E-state index contributed by atoms with van der Waals surface area (Å²) < 4.78 is 6.35. The highest BCUT2D eigenvalue weighted by atomic mass is 79.9. The van der Waals surface area contributed by atoms with E-state index in [1.54, 1.807) is 7.11 Å². The predicted molar refractivity (Wildman–Crippen MR) is 89.8 cm³/mol. The van der Waals surface area contributed by atoms with E-state index in [0.29, 0.717) is 0 Å². The molecule has 3 nitrogen and oxygen atoms in total. The van der Waals surface area contributed by atoms with Gasteiger partial charge in [-0.2, -0.15) is 0 Å². The highest BCUT2D eigenvalue weighted by Crippen LogP contribution is 2.25. The molecule has 0 amide bonds. The number of benzene rings is 1. The summed E-state index contributed by atoms with van der Waals surface area (Å²) in [5.41, 5.74) is 3.64. The zero-order chi connectivity index (χ0) is 15.2. The molecule has 0 aliphatic carbocycles. The van der Waals surface area contributed by atoms with E-state index in [2.05, 4.69) is 58.3 Å². The van der Waals surface area contributed by atoms with Crippen LogP contribution in [0.3, 0.4) is 0 Å². The van der Waals surface area contributed by atoms with Crippen molar-refractivity contribution in [3.63, 3.8) is 0 Å². The van der Waals surface area contributed by atoms with Crippen molar-refractivity contribution < 1.29 is 4.74 Å². The van der Waals surface area contributed by atoms with Crippen LogP contribution in [0.5, 0.6) is 5.75 Å². The van der Waals surface area contributed by atoms with Crippen LogP contribution in [-0.2, 0) is 6.42 Å². The number of ether oxygens (including phenoxy) is 1. The summed E-state index contributed by atoms with van der Waals surface area (Å²) in [6.45, 7) is 5.13. The molecule has 0 aliphatic rings. The quantitative estimate of drug-likeness (QED) is 0.854.